The number of nitrogens with zero attached hydrogens (tertiary/aromatic N) is 5. The molecule has 0 aromatic heterocycles. The molecule has 0 fully saturated rings. The summed E-state index contributed by atoms with van der Waals surface area (Å²) in [6.07, 6.45) is 2.70. The maximum atomic E-state index is 12.9. The van der Waals surface area contributed by atoms with Crippen molar-refractivity contribution in [2.75, 3.05) is 11.2 Å². The van der Waals surface area contributed by atoms with E-state index >= 15 is 0 Å². The molecule has 56 heavy (non-hydrogen) atoms. The molecule has 0 aliphatic heterocycles. The molecule has 0 atom stereocenters. The molecule has 0 amide bonds. The number of carbonyl (C=O) groups excluding carboxylic acids is 1. The molecule has 7 rings (SSSR count). The Morgan fingerprint density at radius 1 is 0.518 bits per heavy atom. The second-order valence-corrected chi connectivity index (χ2v) is 16.4. The molecular weight excluding hydrogens is 787 g/mol. The standard InChI is InChI=1S/C36H25N7O10S3/c37-21-3-5-22(6-4-21)38-39-33-14-12-31(26-10-8-24(18-29(26)33)55(48,49)50)40-41-34-15-13-32(27-11-9-25(19-30(27)34)56(51,52)53)42-43-36-28-17-23(54(45,46)47)7-1-20(28)2-16-35(36)44/h1-19,42H,37H2,(H,45,46,47)(H,48,49,50)(H,51,52,53)/b39-38?,41-40?,43-36+. The lowest BCUT2D eigenvalue weighted by atomic mass is 9.95. The van der Waals surface area contributed by atoms with E-state index in [0.29, 0.717) is 27.7 Å². The first-order valence-electron chi connectivity index (χ1n) is 15.9. The monoisotopic (exact) mass is 811 g/mol. The summed E-state index contributed by atoms with van der Waals surface area (Å²) in [6, 6.07) is 23.6. The molecule has 0 radical (unpaired) electrons. The van der Waals surface area contributed by atoms with Gasteiger partial charge in [-0.3, -0.25) is 23.9 Å². The number of rotatable bonds is 9. The Labute approximate surface area is 317 Å². The number of hydrogen-bond donors (Lipinski definition) is 5. The van der Waals surface area contributed by atoms with E-state index < -0.39 is 50.8 Å². The number of fused-ring (bicyclic) bond motifs is 3. The largest absolute Gasteiger partial charge is 0.399 e. The SMILES string of the molecule is Nc1ccc(N=Nc2ccc(N=Nc3ccc(N/N=C4/C(=O)C=Cc5ccc(S(=O)(=O)O)cc54)c4ccc(S(=O)(=O)O)cc34)c3ccc(S(=O)(=O)O)cc23)cc1. The number of azo groups is 2. The van der Waals surface area contributed by atoms with Gasteiger partial charge in [0.05, 0.1) is 43.1 Å². The highest BCUT2D eigenvalue weighted by Gasteiger charge is 2.23. The van der Waals surface area contributed by atoms with Crippen LogP contribution in [0.4, 0.5) is 34.1 Å². The van der Waals surface area contributed by atoms with Crippen LogP contribution in [0.5, 0.6) is 0 Å². The van der Waals surface area contributed by atoms with Gasteiger partial charge in [-0.05, 0) is 96.6 Å². The maximum absolute atomic E-state index is 12.9. The fraction of sp³-hybridized carbons (Fsp3) is 0. The van der Waals surface area contributed by atoms with Crippen LogP contribution in [0.25, 0.3) is 27.6 Å². The van der Waals surface area contributed by atoms with Crippen LogP contribution in [0, 0.1) is 0 Å². The predicted molar refractivity (Wildman–Crippen MR) is 207 cm³/mol. The maximum Gasteiger partial charge on any atom is 0.294 e. The molecule has 0 saturated heterocycles. The quantitative estimate of drug-likeness (QED) is 0.0409. The molecule has 6 aromatic rings. The van der Waals surface area contributed by atoms with Gasteiger partial charge in [-0.15, -0.1) is 15.3 Å². The van der Waals surface area contributed by atoms with Crippen molar-refractivity contribution in [1.29, 1.82) is 0 Å². The van der Waals surface area contributed by atoms with Crippen LogP contribution in [-0.2, 0) is 35.1 Å². The van der Waals surface area contributed by atoms with E-state index in [-0.39, 0.29) is 44.8 Å². The van der Waals surface area contributed by atoms with Crippen molar-refractivity contribution in [3.05, 3.63) is 120 Å². The normalized spacial score (nSPS) is 14.3. The van der Waals surface area contributed by atoms with Gasteiger partial charge in [0.15, 0.2) is 0 Å². The lowest BCUT2D eigenvalue weighted by Crippen LogP contribution is -2.20. The smallest absolute Gasteiger partial charge is 0.294 e. The first kappa shape index (κ1) is 37.8. The predicted octanol–water partition coefficient (Wildman–Crippen LogP) is 7.56. The summed E-state index contributed by atoms with van der Waals surface area (Å²) in [5.74, 6) is -0.574. The minimum atomic E-state index is -4.69. The van der Waals surface area contributed by atoms with Crippen molar-refractivity contribution in [3.8, 4) is 0 Å². The number of nitrogens with one attached hydrogen (secondary N) is 1. The summed E-state index contributed by atoms with van der Waals surface area (Å²) >= 11 is 0. The topological polar surface area (TPSA) is 280 Å². The van der Waals surface area contributed by atoms with Gasteiger partial charge in [-0.1, -0.05) is 24.3 Å². The van der Waals surface area contributed by atoms with E-state index in [1.54, 1.807) is 24.3 Å². The number of hydrogen-bond acceptors (Lipinski definition) is 14. The number of benzene rings is 6. The van der Waals surface area contributed by atoms with Crippen LogP contribution in [0.1, 0.15) is 11.1 Å². The summed E-state index contributed by atoms with van der Waals surface area (Å²) in [5.41, 5.74) is 10.7. The second kappa shape index (κ2) is 14.3. The van der Waals surface area contributed by atoms with Crippen molar-refractivity contribution < 1.29 is 43.7 Å². The zero-order valence-corrected chi connectivity index (χ0v) is 30.7. The molecule has 1 aliphatic carbocycles. The molecule has 17 nitrogen and oxygen atoms in total. The van der Waals surface area contributed by atoms with E-state index in [2.05, 4.69) is 31.0 Å². The third-order valence-electron chi connectivity index (χ3n) is 8.45. The van der Waals surface area contributed by atoms with Crippen molar-refractivity contribution >= 4 is 104 Å². The third-order valence-corrected chi connectivity index (χ3v) is 11.0. The van der Waals surface area contributed by atoms with E-state index in [1.807, 2.05) is 0 Å². The van der Waals surface area contributed by atoms with Crippen LogP contribution in [-0.4, -0.2) is 50.4 Å². The highest BCUT2D eigenvalue weighted by atomic mass is 32.2. The van der Waals surface area contributed by atoms with Gasteiger partial charge >= 0.3 is 0 Å². The van der Waals surface area contributed by atoms with Crippen LogP contribution in [0.15, 0.2) is 149 Å². The minimum absolute atomic E-state index is 0.110. The van der Waals surface area contributed by atoms with Crippen LogP contribution >= 0.6 is 0 Å². The molecule has 20 heteroatoms. The van der Waals surface area contributed by atoms with E-state index in [1.165, 1.54) is 72.8 Å². The number of nitrogens with two attached hydrogens (primary N) is 1. The number of nitrogen functional groups attached to an aromatic ring is 1. The lowest BCUT2D eigenvalue weighted by Gasteiger charge is -2.14. The summed E-state index contributed by atoms with van der Waals surface area (Å²) in [5, 5.41) is 22.5. The second-order valence-electron chi connectivity index (χ2n) is 12.1. The molecule has 0 spiro atoms. The minimum Gasteiger partial charge on any atom is -0.399 e. The number of allylic oxidation sites excluding steroid dienone is 1. The molecule has 0 unspecified atom stereocenters. The number of ketones is 1. The first-order valence-corrected chi connectivity index (χ1v) is 20.2. The zero-order valence-electron chi connectivity index (χ0n) is 28.2. The fourth-order valence-corrected chi connectivity index (χ4v) is 7.22. The fourth-order valence-electron chi connectivity index (χ4n) is 5.70. The number of anilines is 2. The molecule has 6 aromatic carbocycles. The van der Waals surface area contributed by atoms with Crippen LogP contribution in [0.2, 0.25) is 0 Å². The number of hydrazone groups is 1. The van der Waals surface area contributed by atoms with Crippen LogP contribution < -0.4 is 11.2 Å². The third kappa shape index (κ3) is 7.82. The summed E-state index contributed by atoms with van der Waals surface area (Å²) < 4.78 is 101. The lowest BCUT2D eigenvalue weighted by molar-refractivity contribution is -0.108. The average Bonchev–Trinajstić information content (AvgIpc) is 3.15. The number of carbonyl (C=O) groups is 1. The van der Waals surface area contributed by atoms with Gasteiger partial charge in [-0.25, -0.2) is 0 Å². The molecule has 0 bridgehead atoms. The van der Waals surface area contributed by atoms with E-state index in [4.69, 9.17) is 5.73 Å². The Balaban J connectivity index is 1.31. The van der Waals surface area contributed by atoms with Gasteiger partial charge in [-0.2, -0.15) is 35.5 Å². The molecular formula is C36H25N7O10S3. The zero-order chi connectivity index (χ0) is 40.0. The Hall–Kier alpha value is -6.55. The molecule has 0 saturated carbocycles. The van der Waals surface area contributed by atoms with Gasteiger partial charge in [0.2, 0.25) is 5.78 Å². The average molecular weight is 812 g/mol. The van der Waals surface area contributed by atoms with Crippen molar-refractivity contribution in [2.45, 2.75) is 14.7 Å². The van der Waals surface area contributed by atoms with E-state index in [9.17, 15) is 43.7 Å². The van der Waals surface area contributed by atoms with Gasteiger partial charge in [0, 0.05) is 32.8 Å². The Bertz CT molecular complexity index is 3110. The van der Waals surface area contributed by atoms with Crippen molar-refractivity contribution in [1.82, 2.24) is 0 Å². The highest BCUT2D eigenvalue weighted by Crippen LogP contribution is 2.39. The van der Waals surface area contributed by atoms with E-state index in [0.717, 1.165) is 18.2 Å². The summed E-state index contributed by atoms with van der Waals surface area (Å²) in [7, 11) is -13.9. The highest BCUT2D eigenvalue weighted by molar-refractivity contribution is 7.86. The summed E-state index contributed by atoms with van der Waals surface area (Å²) in [4.78, 5) is 11.5. The summed E-state index contributed by atoms with van der Waals surface area (Å²) in [6.45, 7) is 0. The van der Waals surface area contributed by atoms with Gasteiger partial charge in [0.25, 0.3) is 30.4 Å². The molecule has 1 aliphatic rings. The Morgan fingerprint density at radius 2 is 1.02 bits per heavy atom. The van der Waals surface area contributed by atoms with Crippen molar-refractivity contribution in [2.24, 2.45) is 25.6 Å². The van der Waals surface area contributed by atoms with Crippen molar-refractivity contribution in [3.63, 3.8) is 0 Å². The Morgan fingerprint density at radius 3 is 1.62 bits per heavy atom. The Kier molecular flexibility index (Phi) is 9.62. The molecule has 282 valence electrons. The molecule has 6 N–H and O–H groups in total. The first-order chi connectivity index (χ1) is 26.5. The van der Waals surface area contributed by atoms with Gasteiger partial charge < -0.3 is 5.73 Å². The molecule has 0 heterocycles. The van der Waals surface area contributed by atoms with Gasteiger partial charge in [0.1, 0.15) is 5.71 Å². The van der Waals surface area contributed by atoms with Crippen LogP contribution in [0.3, 0.4) is 0 Å².